The molecule has 0 aliphatic carbocycles. The van der Waals surface area contributed by atoms with Crippen LogP contribution in [0.15, 0.2) is 65.7 Å². The van der Waals surface area contributed by atoms with Gasteiger partial charge in [0.1, 0.15) is 18.1 Å². The SMILES string of the molecule is COc1cccc(COc2cn(C)c(C(=O)NCc3ccccn3)cc2=O)c1. The summed E-state index contributed by atoms with van der Waals surface area (Å²) < 4.78 is 12.4. The van der Waals surface area contributed by atoms with Crippen LogP contribution in [0.5, 0.6) is 11.5 Å². The third kappa shape index (κ3) is 4.76. The van der Waals surface area contributed by atoms with Gasteiger partial charge in [-0.25, -0.2) is 0 Å². The number of nitrogens with zero attached hydrogens (tertiary/aromatic N) is 2. The number of carbonyl (C=O) groups is 1. The molecule has 1 amide bonds. The van der Waals surface area contributed by atoms with Crippen molar-refractivity contribution in [1.82, 2.24) is 14.9 Å². The zero-order valence-corrected chi connectivity index (χ0v) is 15.7. The topological polar surface area (TPSA) is 82.4 Å². The molecule has 0 atom stereocenters. The molecule has 0 spiro atoms. The number of methoxy groups -OCH3 is 1. The van der Waals surface area contributed by atoms with Crippen molar-refractivity contribution in [3.8, 4) is 11.5 Å². The number of ether oxygens (including phenoxy) is 2. The molecular formula is C21H21N3O4. The molecule has 7 nitrogen and oxygen atoms in total. The number of pyridine rings is 2. The van der Waals surface area contributed by atoms with Gasteiger partial charge in [0.05, 0.1) is 25.5 Å². The van der Waals surface area contributed by atoms with Crippen molar-refractivity contribution in [2.24, 2.45) is 7.05 Å². The van der Waals surface area contributed by atoms with Crippen LogP contribution in [0.2, 0.25) is 0 Å². The highest BCUT2D eigenvalue weighted by Gasteiger charge is 2.13. The van der Waals surface area contributed by atoms with Gasteiger partial charge in [0, 0.05) is 19.3 Å². The van der Waals surface area contributed by atoms with E-state index in [0.29, 0.717) is 5.75 Å². The van der Waals surface area contributed by atoms with Gasteiger partial charge in [-0.05, 0) is 29.8 Å². The van der Waals surface area contributed by atoms with Crippen molar-refractivity contribution in [2.75, 3.05) is 7.11 Å². The van der Waals surface area contributed by atoms with Crippen LogP contribution in [-0.4, -0.2) is 22.6 Å². The molecule has 1 aromatic carbocycles. The van der Waals surface area contributed by atoms with Crippen LogP contribution in [0.3, 0.4) is 0 Å². The van der Waals surface area contributed by atoms with E-state index >= 15 is 0 Å². The van der Waals surface area contributed by atoms with Gasteiger partial charge in [0.2, 0.25) is 5.43 Å². The van der Waals surface area contributed by atoms with Gasteiger partial charge in [-0.1, -0.05) is 18.2 Å². The molecule has 0 radical (unpaired) electrons. The van der Waals surface area contributed by atoms with E-state index in [9.17, 15) is 9.59 Å². The fraction of sp³-hybridized carbons (Fsp3) is 0.190. The number of carbonyl (C=O) groups excluding carboxylic acids is 1. The highest BCUT2D eigenvalue weighted by atomic mass is 16.5. The fourth-order valence-corrected chi connectivity index (χ4v) is 2.63. The first-order valence-electron chi connectivity index (χ1n) is 8.71. The minimum absolute atomic E-state index is 0.173. The maximum atomic E-state index is 12.4. The second-order valence-corrected chi connectivity index (χ2v) is 6.14. The van der Waals surface area contributed by atoms with Crippen molar-refractivity contribution in [3.63, 3.8) is 0 Å². The summed E-state index contributed by atoms with van der Waals surface area (Å²) in [4.78, 5) is 28.9. The predicted molar refractivity (Wildman–Crippen MR) is 104 cm³/mol. The Kier molecular flexibility index (Phi) is 6.06. The highest BCUT2D eigenvalue weighted by molar-refractivity contribution is 5.92. The molecule has 0 aliphatic heterocycles. The summed E-state index contributed by atoms with van der Waals surface area (Å²) in [6.07, 6.45) is 3.17. The lowest BCUT2D eigenvalue weighted by Crippen LogP contribution is -2.28. The molecule has 3 rings (SSSR count). The van der Waals surface area contributed by atoms with E-state index in [0.717, 1.165) is 11.3 Å². The Balaban J connectivity index is 1.68. The van der Waals surface area contributed by atoms with Crippen LogP contribution in [0.1, 0.15) is 21.7 Å². The smallest absolute Gasteiger partial charge is 0.268 e. The highest BCUT2D eigenvalue weighted by Crippen LogP contribution is 2.15. The zero-order chi connectivity index (χ0) is 19.9. The lowest BCUT2D eigenvalue weighted by molar-refractivity contribution is 0.0941. The maximum absolute atomic E-state index is 12.4. The number of aryl methyl sites for hydroxylation is 1. The van der Waals surface area contributed by atoms with Crippen molar-refractivity contribution >= 4 is 5.91 Å². The molecule has 0 fully saturated rings. The van der Waals surface area contributed by atoms with Crippen LogP contribution >= 0.6 is 0 Å². The molecule has 0 bridgehead atoms. The van der Waals surface area contributed by atoms with E-state index in [1.807, 2.05) is 36.4 Å². The van der Waals surface area contributed by atoms with E-state index in [-0.39, 0.29) is 35.9 Å². The monoisotopic (exact) mass is 379 g/mol. The number of amides is 1. The predicted octanol–water partition coefficient (Wildman–Crippen LogP) is 2.30. The lowest BCUT2D eigenvalue weighted by atomic mass is 10.2. The first-order chi connectivity index (χ1) is 13.6. The molecule has 3 aromatic rings. The number of nitrogens with one attached hydrogen (secondary N) is 1. The Morgan fingerprint density at radius 2 is 2.04 bits per heavy atom. The molecule has 0 unspecified atom stereocenters. The molecule has 7 heteroatoms. The lowest BCUT2D eigenvalue weighted by Gasteiger charge is -2.12. The Morgan fingerprint density at radius 1 is 1.18 bits per heavy atom. The summed E-state index contributed by atoms with van der Waals surface area (Å²) >= 11 is 0. The summed E-state index contributed by atoms with van der Waals surface area (Å²) in [6.45, 7) is 0.500. The van der Waals surface area contributed by atoms with Gasteiger partial charge in [-0.3, -0.25) is 14.6 Å². The van der Waals surface area contributed by atoms with Gasteiger partial charge in [0.15, 0.2) is 5.75 Å². The van der Waals surface area contributed by atoms with Crippen LogP contribution < -0.4 is 20.2 Å². The summed E-state index contributed by atoms with van der Waals surface area (Å²) in [5.74, 6) is 0.533. The molecule has 0 aliphatic rings. The quantitative estimate of drug-likeness (QED) is 0.681. The molecule has 2 aromatic heterocycles. The summed E-state index contributed by atoms with van der Waals surface area (Å²) in [5, 5.41) is 2.76. The van der Waals surface area contributed by atoms with E-state index < -0.39 is 0 Å². The first kappa shape index (κ1) is 19.2. The third-order valence-corrected chi connectivity index (χ3v) is 4.12. The van der Waals surface area contributed by atoms with Crippen molar-refractivity contribution < 1.29 is 14.3 Å². The van der Waals surface area contributed by atoms with Gasteiger partial charge in [0.25, 0.3) is 5.91 Å². The number of hydrogen-bond acceptors (Lipinski definition) is 5. The van der Waals surface area contributed by atoms with Crippen molar-refractivity contribution in [2.45, 2.75) is 13.2 Å². The number of hydrogen-bond donors (Lipinski definition) is 1. The summed E-state index contributed by atoms with van der Waals surface area (Å²) in [6, 6.07) is 14.1. The largest absolute Gasteiger partial charge is 0.497 e. The van der Waals surface area contributed by atoms with Crippen molar-refractivity contribution in [3.05, 3.63) is 88.1 Å². The van der Waals surface area contributed by atoms with Crippen LogP contribution in [0.4, 0.5) is 0 Å². The number of rotatable bonds is 7. The van der Waals surface area contributed by atoms with Crippen LogP contribution in [-0.2, 0) is 20.2 Å². The van der Waals surface area contributed by atoms with Gasteiger partial charge in [-0.15, -0.1) is 0 Å². The second-order valence-electron chi connectivity index (χ2n) is 6.14. The molecule has 28 heavy (non-hydrogen) atoms. The average Bonchev–Trinajstić information content (AvgIpc) is 2.73. The Labute approximate surface area is 162 Å². The average molecular weight is 379 g/mol. The number of benzene rings is 1. The van der Waals surface area contributed by atoms with E-state index in [2.05, 4.69) is 10.3 Å². The molecular weight excluding hydrogens is 358 g/mol. The minimum Gasteiger partial charge on any atom is -0.497 e. The van der Waals surface area contributed by atoms with E-state index in [1.54, 1.807) is 31.0 Å². The van der Waals surface area contributed by atoms with E-state index in [1.165, 1.54) is 12.3 Å². The second kappa shape index (κ2) is 8.85. The standard InChI is InChI=1S/C21H21N3O4/c1-24-13-20(28-14-15-6-5-8-17(10-15)27-2)19(25)11-18(24)21(26)23-12-16-7-3-4-9-22-16/h3-11,13H,12,14H2,1-2H3,(H,23,26). The number of aromatic nitrogens is 2. The molecule has 0 saturated heterocycles. The van der Waals surface area contributed by atoms with Gasteiger partial charge < -0.3 is 19.4 Å². The van der Waals surface area contributed by atoms with Crippen LogP contribution in [0.25, 0.3) is 0 Å². The van der Waals surface area contributed by atoms with Gasteiger partial charge >= 0.3 is 0 Å². The molecule has 2 heterocycles. The third-order valence-electron chi connectivity index (χ3n) is 4.12. The first-order valence-corrected chi connectivity index (χ1v) is 8.71. The van der Waals surface area contributed by atoms with Gasteiger partial charge in [-0.2, -0.15) is 0 Å². The summed E-state index contributed by atoms with van der Waals surface area (Å²) in [7, 11) is 3.28. The summed E-state index contributed by atoms with van der Waals surface area (Å²) in [5.41, 5.74) is 1.50. The Hall–Kier alpha value is -3.61. The molecule has 0 saturated carbocycles. The molecule has 1 N–H and O–H groups in total. The van der Waals surface area contributed by atoms with E-state index in [4.69, 9.17) is 9.47 Å². The maximum Gasteiger partial charge on any atom is 0.268 e. The fourth-order valence-electron chi connectivity index (χ4n) is 2.63. The normalized spacial score (nSPS) is 10.4. The zero-order valence-electron chi connectivity index (χ0n) is 15.7. The molecule has 144 valence electrons. The van der Waals surface area contributed by atoms with Crippen LogP contribution in [0, 0.1) is 0 Å². The van der Waals surface area contributed by atoms with Crippen molar-refractivity contribution in [1.29, 1.82) is 0 Å². The Morgan fingerprint density at radius 3 is 2.79 bits per heavy atom. The minimum atomic E-state index is -0.357. The Bertz CT molecular complexity index is 1020.